The molecule has 1 aliphatic rings. The lowest BCUT2D eigenvalue weighted by Crippen LogP contribution is -2.53. The summed E-state index contributed by atoms with van der Waals surface area (Å²) in [4.78, 5) is 7.00. The molecule has 1 aliphatic carbocycles. The molecule has 0 aromatic carbocycles. The Bertz CT molecular complexity index is 380. The Morgan fingerprint density at radius 3 is 2.67 bits per heavy atom. The van der Waals surface area contributed by atoms with Crippen molar-refractivity contribution in [2.45, 2.75) is 51.6 Å². The molecule has 0 atom stereocenters. The predicted octanol–water partition coefficient (Wildman–Crippen LogP) is 2.79. The molecular weight excluding hydrogens is 242 g/mol. The van der Waals surface area contributed by atoms with Crippen LogP contribution >= 0.6 is 11.3 Å². The van der Waals surface area contributed by atoms with Crippen LogP contribution in [0.2, 0.25) is 0 Å². The predicted molar refractivity (Wildman–Crippen MR) is 77.7 cm³/mol. The molecule has 1 aromatic rings. The van der Waals surface area contributed by atoms with Crippen molar-refractivity contribution in [3.8, 4) is 0 Å². The Kier molecular flexibility index (Phi) is 4.41. The van der Waals surface area contributed by atoms with E-state index in [2.05, 4.69) is 36.2 Å². The lowest BCUT2D eigenvalue weighted by Gasteiger charge is -2.45. The molecular formula is C14H25N3S. The minimum absolute atomic E-state index is 0.198. The number of rotatable bonds is 4. The van der Waals surface area contributed by atoms with E-state index in [4.69, 9.17) is 5.73 Å². The Hall–Kier alpha value is -0.450. The van der Waals surface area contributed by atoms with Crippen molar-refractivity contribution in [3.05, 3.63) is 16.1 Å². The van der Waals surface area contributed by atoms with Crippen LogP contribution in [0.1, 0.15) is 43.3 Å². The largest absolute Gasteiger partial charge is 0.329 e. The number of nitrogens with two attached hydrogens (primary N) is 1. The molecule has 0 aliphatic heterocycles. The maximum Gasteiger partial charge on any atom is 0.0897 e. The molecule has 0 unspecified atom stereocenters. The summed E-state index contributed by atoms with van der Waals surface area (Å²) in [6.07, 6.45) is 5.06. The quantitative estimate of drug-likeness (QED) is 0.912. The molecule has 1 fully saturated rings. The average molecular weight is 267 g/mol. The van der Waals surface area contributed by atoms with Crippen molar-refractivity contribution in [2.75, 3.05) is 13.6 Å². The molecule has 1 heterocycles. The second-order valence-electron chi connectivity index (χ2n) is 5.82. The van der Waals surface area contributed by atoms with Gasteiger partial charge in [-0.15, -0.1) is 11.3 Å². The number of nitrogens with zero attached hydrogens (tertiary/aromatic N) is 2. The van der Waals surface area contributed by atoms with Gasteiger partial charge in [-0.2, -0.15) is 0 Å². The zero-order chi connectivity index (χ0) is 13.2. The summed E-state index contributed by atoms with van der Waals surface area (Å²) in [5.74, 6) is 0.861. The fourth-order valence-electron chi connectivity index (χ4n) is 2.93. The van der Waals surface area contributed by atoms with Gasteiger partial charge in [0, 0.05) is 24.0 Å². The van der Waals surface area contributed by atoms with Gasteiger partial charge in [0.2, 0.25) is 0 Å². The van der Waals surface area contributed by atoms with Crippen molar-refractivity contribution in [2.24, 2.45) is 11.7 Å². The minimum atomic E-state index is 0.198. The van der Waals surface area contributed by atoms with Gasteiger partial charge in [-0.1, -0.05) is 6.92 Å². The Morgan fingerprint density at radius 2 is 2.17 bits per heavy atom. The van der Waals surface area contributed by atoms with Gasteiger partial charge in [0.25, 0.3) is 0 Å². The Labute approximate surface area is 114 Å². The summed E-state index contributed by atoms with van der Waals surface area (Å²) in [5.41, 5.74) is 7.47. The molecule has 2 N–H and O–H groups in total. The first-order valence-corrected chi connectivity index (χ1v) is 7.76. The highest BCUT2D eigenvalue weighted by atomic mass is 32.1. The number of thiazole rings is 1. The zero-order valence-corrected chi connectivity index (χ0v) is 12.6. The van der Waals surface area contributed by atoms with Gasteiger partial charge in [0.1, 0.15) is 0 Å². The fourth-order valence-corrected chi connectivity index (χ4v) is 3.54. The summed E-state index contributed by atoms with van der Waals surface area (Å²) < 4.78 is 0. The molecule has 102 valence electrons. The summed E-state index contributed by atoms with van der Waals surface area (Å²) in [6.45, 7) is 6.11. The van der Waals surface area contributed by atoms with E-state index in [1.807, 2.05) is 0 Å². The first kappa shape index (κ1) is 14.0. The summed E-state index contributed by atoms with van der Waals surface area (Å²) in [7, 11) is 2.21. The molecule has 2 rings (SSSR count). The van der Waals surface area contributed by atoms with Crippen LogP contribution in [0.15, 0.2) is 5.38 Å². The molecule has 0 bridgehead atoms. The molecule has 0 saturated heterocycles. The third kappa shape index (κ3) is 2.92. The van der Waals surface area contributed by atoms with Crippen LogP contribution in [0, 0.1) is 12.8 Å². The van der Waals surface area contributed by atoms with Crippen molar-refractivity contribution < 1.29 is 0 Å². The minimum Gasteiger partial charge on any atom is -0.329 e. The molecule has 0 radical (unpaired) electrons. The molecule has 18 heavy (non-hydrogen) atoms. The van der Waals surface area contributed by atoms with E-state index >= 15 is 0 Å². The second-order valence-corrected chi connectivity index (χ2v) is 6.89. The summed E-state index contributed by atoms with van der Waals surface area (Å²) in [5, 5.41) is 3.32. The normalized spacial score (nSPS) is 28.8. The SMILES string of the molecule is Cc1nc(CN(C)C2(CN)CCC(C)CC2)cs1. The van der Waals surface area contributed by atoms with Gasteiger partial charge in [-0.05, 0) is 45.6 Å². The van der Waals surface area contributed by atoms with E-state index in [1.165, 1.54) is 31.4 Å². The number of likely N-dealkylation sites (N-methyl/N-ethyl adjacent to an activating group) is 1. The maximum absolute atomic E-state index is 6.08. The number of aryl methyl sites for hydroxylation is 1. The smallest absolute Gasteiger partial charge is 0.0897 e. The fraction of sp³-hybridized carbons (Fsp3) is 0.786. The van der Waals surface area contributed by atoms with Gasteiger partial charge in [-0.3, -0.25) is 4.90 Å². The molecule has 0 spiro atoms. The lowest BCUT2D eigenvalue weighted by molar-refractivity contribution is 0.0607. The second kappa shape index (κ2) is 5.68. The standard InChI is InChI=1S/C14H25N3S/c1-11-4-6-14(10-15,7-5-11)17(3)8-13-9-18-12(2)16-13/h9,11H,4-8,10,15H2,1-3H3. The van der Waals surface area contributed by atoms with Crippen molar-refractivity contribution in [3.63, 3.8) is 0 Å². The van der Waals surface area contributed by atoms with Crippen LogP contribution in [-0.2, 0) is 6.54 Å². The monoisotopic (exact) mass is 267 g/mol. The number of aromatic nitrogens is 1. The molecule has 1 saturated carbocycles. The van der Waals surface area contributed by atoms with Gasteiger partial charge in [0.05, 0.1) is 10.7 Å². The van der Waals surface area contributed by atoms with Crippen LogP contribution in [0.3, 0.4) is 0 Å². The molecule has 0 amide bonds. The van der Waals surface area contributed by atoms with Gasteiger partial charge in [0.15, 0.2) is 0 Å². The van der Waals surface area contributed by atoms with Crippen LogP contribution in [0.25, 0.3) is 0 Å². The van der Waals surface area contributed by atoms with Crippen LogP contribution in [0.4, 0.5) is 0 Å². The number of hydrogen-bond donors (Lipinski definition) is 1. The van der Waals surface area contributed by atoms with Crippen LogP contribution < -0.4 is 5.73 Å². The van der Waals surface area contributed by atoms with E-state index in [1.54, 1.807) is 11.3 Å². The van der Waals surface area contributed by atoms with Gasteiger partial charge < -0.3 is 5.73 Å². The van der Waals surface area contributed by atoms with Crippen molar-refractivity contribution in [1.82, 2.24) is 9.88 Å². The zero-order valence-electron chi connectivity index (χ0n) is 11.8. The summed E-state index contributed by atoms with van der Waals surface area (Å²) in [6, 6.07) is 0. The lowest BCUT2D eigenvalue weighted by atomic mass is 9.76. The van der Waals surface area contributed by atoms with E-state index in [0.717, 1.165) is 24.0 Å². The van der Waals surface area contributed by atoms with E-state index in [0.29, 0.717) is 0 Å². The van der Waals surface area contributed by atoms with Crippen molar-refractivity contribution in [1.29, 1.82) is 0 Å². The Balaban J connectivity index is 2.03. The van der Waals surface area contributed by atoms with Crippen LogP contribution in [-0.4, -0.2) is 29.0 Å². The van der Waals surface area contributed by atoms with Crippen molar-refractivity contribution >= 4 is 11.3 Å². The highest BCUT2D eigenvalue weighted by molar-refractivity contribution is 7.09. The summed E-state index contributed by atoms with van der Waals surface area (Å²) >= 11 is 1.73. The Morgan fingerprint density at radius 1 is 1.50 bits per heavy atom. The third-order valence-electron chi connectivity index (χ3n) is 4.46. The van der Waals surface area contributed by atoms with Crippen LogP contribution in [0.5, 0.6) is 0 Å². The van der Waals surface area contributed by atoms with E-state index in [9.17, 15) is 0 Å². The highest BCUT2D eigenvalue weighted by Gasteiger charge is 2.36. The average Bonchev–Trinajstić information content (AvgIpc) is 2.76. The highest BCUT2D eigenvalue weighted by Crippen LogP contribution is 2.35. The third-order valence-corrected chi connectivity index (χ3v) is 5.28. The number of hydrogen-bond acceptors (Lipinski definition) is 4. The maximum atomic E-state index is 6.08. The molecule has 1 aromatic heterocycles. The van der Waals surface area contributed by atoms with Gasteiger partial charge in [-0.25, -0.2) is 4.98 Å². The van der Waals surface area contributed by atoms with E-state index in [-0.39, 0.29) is 5.54 Å². The first-order chi connectivity index (χ1) is 8.55. The van der Waals surface area contributed by atoms with Gasteiger partial charge >= 0.3 is 0 Å². The first-order valence-electron chi connectivity index (χ1n) is 6.88. The van der Waals surface area contributed by atoms with E-state index < -0.39 is 0 Å². The topological polar surface area (TPSA) is 42.2 Å². The molecule has 4 heteroatoms. The molecule has 3 nitrogen and oxygen atoms in total.